The molecule has 0 radical (unpaired) electrons. The number of carbonyl (C=O) groups excluding carboxylic acids is 6. The third-order valence-electron chi connectivity index (χ3n) is 12.3. The average molecular weight is 939 g/mol. The number of benzene rings is 5. The molecule has 0 aliphatic heterocycles. The molecule has 5 aromatic rings. The number of hydrogen-bond acceptors (Lipinski definition) is 10. The quantitative estimate of drug-likeness (QED) is 0.0367. The van der Waals surface area contributed by atoms with Crippen molar-refractivity contribution in [3.05, 3.63) is 167 Å². The van der Waals surface area contributed by atoms with Crippen molar-refractivity contribution in [2.45, 2.75) is 86.8 Å². The van der Waals surface area contributed by atoms with E-state index in [-0.39, 0.29) is 31.1 Å². The molecule has 2 aliphatic rings. The largest absolute Gasteiger partial charge is 0.468 e. The summed E-state index contributed by atoms with van der Waals surface area (Å²) in [5.41, 5.74) is 4.69. The van der Waals surface area contributed by atoms with E-state index in [0.717, 1.165) is 38.9 Å². The second-order valence-corrected chi connectivity index (χ2v) is 19.2. The molecule has 0 saturated heterocycles. The number of amides is 4. The van der Waals surface area contributed by atoms with Crippen LogP contribution in [0.1, 0.15) is 86.6 Å². The lowest BCUT2D eigenvalue weighted by molar-refractivity contribution is -0.155. The van der Waals surface area contributed by atoms with Gasteiger partial charge in [-0.2, -0.15) is 0 Å². The van der Waals surface area contributed by atoms with Gasteiger partial charge in [0, 0.05) is 18.1 Å². The summed E-state index contributed by atoms with van der Waals surface area (Å²) in [5, 5.41) is 11.1. The highest BCUT2D eigenvalue weighted by Crippen LogP contribution is 2.49. The zero-order valence-corrected chi connectivity index (χ0v) is 39.6. The summed E-state index contributed by atoms with van der Waals surface area (Å²) < 4.78 is 15.2. The van der Waals surface area contributed by atoms with Crippen LogP contribution in [0.2, 0.25) is 0 Å². The van der Waals surface area contributed by atoms with Crippen molar-refractivity contribution in [2.75, 3.05) is 26.0 Å². The smallest absolute Gasteiger partial charge is 0.407 e. The number of thioether (sulfide) groups is 1. The van der Waals surface area contributed by atoms with Gasteiger partial charge in [-0.25, -0.2) is 4.79 Å². The number of methoxy groups -OCH3 is 1. The summed E-state index contributed by atoms with van der Waals surface area (Å²) in [5.74, 6) is -3.49. The normalized spacial score (nSPS) is 14.6. The first-order valence-corrected chi connectivity index (χ1v) is 23.8. The minimum absolute atomic E-state index is 0.0252. The van der Waals surface area contributed by atoms with Crippen molar-refractivity contribution in [1.29, 1.82) is 0 Å². The molecule has 7 rings (SSSR count). The van der Waals surface area contributed by atoms with Crippen LogP contribution in [0.5, 0.6) is 0 Å². The van der Waals surface area contributed by atoms with Gasteiger partial charge in [-0.15, -0.1) is 11.8 Å². The molecule has 2 aliphatic carbocycles. The number of alkyl carbamates (subject to hydrolysis) is 1. The molecular weight excluding hydrogens is 881 g/mol. The van der Waals surface area contributed by atoms with E-state index >= 15 is 0 Å². The van der Waals surface area contributed by atoms with E-state index in [1.165, 1.54) is 18.9 Å². The van der Waals surface area contributed by atoms with E-state index in [4.69, 9.17) is 14.2 Å². The van der Waals surface area contributed by atoms with Gasteiger partial charge in [-0.1, -0.05) is 140 Å². The fourth-order valence-electron chi connectivity index (χ4n) is 8.79. The Morgan fingerprint density at radius 3 is 1.66 bits per heavy atom. The van der Waals surface area contributed by atoms with Crippen molar-refractivity contribution in [2.24, 2.45) is 0 Å². The Kier molecular flexibility index (Phi) is 15.7. The monoisotopic (exact) mass is 938 g/mol. The lowest BCUT2D eigenvalue weighted by Gasteiger charge is -2.42. The summed E-state index contributed by atoms with van der Waals surface area (Å²) >= 11 is 1.42. The van der Waals surface area contributed by atoms with Crippen molar-refractivity contribution in [3.8, 4) is 11.1 Å². The molecule has 13 nitrogen and oxygen atoms in total. The SMILES string of the molecule is COC(=O)CNC(=O)C1(NC(=O)[C@@H](CSC(c2ccccc2)(c2ccccc2)c2ccccc2)NC(=O)[C@@H](CCC(=O)OC(C)(C)C)NC(=O)OCC2c3ccccc3-c3ccccc32)CCC1. The molecule has 0 aromatic heterocycles. The number of fused-ring (bicyclic) bond motifs is 3. The van der Waals surface area contributed by atoms with Gasteiger partial charge < -0.3 is 35.5 Å². The maximum Gasteiger partial charge on any atom is 0.407 e. The molecular formula is C54H58N4O9S. The fourth-order valence-corrected chi connectivity index (χ4v) is 10.4. The van der Waals surface area contributed by atoms with E-state index in [0.29, 0.717) is 19.3 Å². The van der Waals surface area contributed by atoms with Crippen LogP contribution in [-0.4, -0.2) is 85.0 Å². The Balaban J connectivity index is 1.19. The zero-order chi connectivity index (χ0) is 48.3. The Bertz CT molecular complexity index is 2440. The third kappa shape index (κ3) is 11.4. The van der Waals surface area contributed by atoms with E-state index in [9.17, 15) is 28.8 Å². The van der Waals surface area contributed by atoms with Crippen LogP contribution in [0, 0.1) is 0 Å². The molecule has 5 aromatic carbocycles. The molecule has 0 bridgehead atoms. The second kappa shape index (κ2) is 21.8. The Morgan fingerprint density at radius 2 is 1.18 bits per heavy atom. The first-order chi connectivity index (χ1) is 32.7. The van der Waals surface area contributed by atoms with Crippen LogP contribution in [0.15, 0.2) is 140 Å². The van der Waals surface area contributed by atoms with E-state index < -0.39 is 70.3 Å². The first kappa shape index (κ1) is 49.0. The summed E-state index contributed by atoms with van der Waals surface area (Å²) in [4.78, 5) is 82.2. The maximum atomic E-state index is 14.8. The standard InChI is InChI=1S/C54H58N4O9S/c1-52(2,3)67-46(59)30-29-44(57-51(64)66-34-43-41-27-16-14-25-39(41)40-26-15-17-28-42(40)43)48(61)56-45(49(62)58-53(31-18-32-53)50(63)55-33-47(60)65-4)35-68-54(36-19-8-5-9-20-36,37-21-10-6-11-22-37)38-23-12-7-13-24-38/h5-17,19-28,43-45H,18,29-35H2,1-4H3,(H,55,63)(H,56,61)(H,57,64)(H,58,62)/t44-,45-/m1/s1. The van der Waals surface area contributed by atoms with Gasteiger partial charge in [0.25, 0.3) is 0 Å². The van der Waals surface area contributed by atoms with Gasteiger partial charge in [0.1, 0.15) is 36.4 Å². The first-order valence-electron chi connectivity index (χ1n) is 22.8. The van der Waals surface area contributed by atoms with Gasteiger partial charge in [0.2, 0.25) is 17.7 Å². The van der Waals surface area contributed by atoms with Gasteiger partial charge in [0.05, 0.1) is 11.9 Å². The number of ether oxygens (including phenoxy) is 3. The number of hydrogen-bond donors (Lipinski definition) is 4. The zero-order valence-electron chi connectivity index (χ0n) is 38.8. The number of nitrogens with one attached hydrogen (secondary N) is 4. The van der Waals surface area contributed by atoms with Gasteiger partial charge >= 0.3 is 18.0 Å². The molecule has 0 unspecified atom stereocenters. The van der Waals surface area contributed by atoms with Crippen molar-refractivity contribution < 1.29 is 43.0 Å². The molecule has 68 heavy (non-hydrogen) atoms. The molecule has 2 atom stereocenters. The van der Waals surface area contributed by atoms with Crippen molar-refractivity contribution >= 4 is 47.5 Å². The van der Waals surface area contributed by atoms with E-state index in [1.54, 1.807) is 20.8 Å². The van der Waals surface area contributed by atoms with Crippen LogP contribution in [0.3, 0.4) is 0 Å². The average Bonchev–Trinajstić information content (AvgIpc) is 3.65. The van der Waals surface area contributed by atoms with E-state index in [2.05, 4.69) is 21.3 Å². The molecule has 14 heteroatoms. The van der Waals surface area contributed by atoms with Gasteiger partial charge in [-0.05, 0) is 85.4 Å². The number of carbonyl (C=O) groups is 6. The summed E-state index contributed by atoms with van der Waals surface area (Å²) in [7, 11) is 1.21. The Morgan fingerprint density at radius 1 is 0.662 bits per heavy atom. The summed E-state index contributed by atoms with van der Waals surface area (Å²) in [6, 6.07) is 42.7. The Labute approximate surface area is 401 Å². The molecule has 0 spiro atoms. The van der Waals surface area contributed by atoms with Crippen LogP contribution < -0.4 is 21.3 Å². The second-order valence-electron chi connectivity index (χ2n) is 18.0. The van der Waals surface area contributed by atoms with Gasteiger partial charge in [-0.3, -0.25) is 24.0 Å². The summed E-state index contributed by atoms with van der Waals surface area (Å²) in [6.45, 7) is 4.78. The summed E-state index contributed by atoms with van der Waals surface area (Å²) in [6.07, 6.45) is -0.0967. The highest BCUT2D eigenvalue weighted by Gasteiger charge is 2.47. The van der Waals surface area contributed by atoms with Crippen LogP contribution in [-0.2, 0) is 42.9 Å². The third-order valence-corrected chi connectivity index (χ3v) is 13.9. The predicted octanol–water partition coefficient (Wildman–Crippen LogP) is 7.55. The molecule has 4 N–H and O–H groups in total. The topological polar surface area (TPSA) is 178 Å². The molecule has 0 heterocycles. The van der Waals surface area contributed by atoms with Crippen molar-refractivity contribution in [3.63, 3.8) is 0 Å². The van der Waals surface area contributed by atoms with Gasteiger partial charge in [0.15, 0.2) is 0 Å². The Hall–Kier alpha value is -6.93. The maximum absolute atomic E-state index is 14.8. The lowest BCUT2D eigenvalue weighted by Crippen LogP contribution is -2.66. The minimum Gasteiger partial charge on any atom is -0.468 e. The minimum atomic E-state index is -1.36. The van der Waals surface area contributed by atoms with Crippen LogP contribution >= 0.6 is 11.8 Å². The fraction of sp³-hybridized carbons (Fsp3) is 0.333. The molecule has 1 saturated carbocycles. The number of esters is 2. The van der Waals surface area contributed by atoms with Crippen LogP contribution in [0.25, 0.3) is 11.1 Å². The number of rotatable bonds is 19. The molecule has 1 fully saturated rings. The lowest BCUT2D eigenvalue weighted by atomic mass is 9.75. The predicted molar refractivity (Wildman–Crippen MR) is 260 cm³/mol. The van der Waals surface area contributed by atoms with Crippen LogP contribution in [0.4, 0.5) is 4.79 Å². The highest BCUT2D eigenvalue weighted by molar-refractivity contribution is 8.00. The molecule has 354 valence electrons. The highest BCUT2D eigenvalue weighted by atomic mass is 32.2. The van der Waals surface area contributed by atoms with Crippen molar-refractivity contribution in [1.82, 2.24) is 21.3 Å². The molecule has 4 amide bonds. The van der Waals surface area contributed by atoms with E-state index in [1.807, 2.05) is 140 Å².